The quantitative estimate of drug-likeness (QED) is 0.299. The highest BCUT2D eigenvalue weighted by Crippen LogP contribution is 2.25. The molecule has 3 heteroatoms. The first-order valence-electron chi connectivity index (χ1n) is 12.4. The second-order valence-electron chi connectivity index (χ2n) is 9.17. The van der Waals surface area contributed by atoms with Gasteiger partial charge in [-0.25, -0.2) is 0 Å². The van der Waals surface area contributed by atoms with Crippen LogP contribution in [0.1, 0.15) is 22.3 Å². The van der Waals surface area contributed by atoms with Crippen LogP contribution in [0.3, 0.4) is 0 Å². The molecule has 1 aliphatic heterocycles. The lowest BCUT2D eigenvalue weighted by molar-refractivity contribution is -0.0191. The van der Waals surface area contributed by atoms with E-state index in [9.17, 15) is 0 Å². The molecule has 0 fully saturated rings. The van der Waals surface area contributed by atoms with E-state index in [1.54, 1.807) is 0 Å². The van der Waals surface area contributed by atoms with Crippen LogP contribution < -0.4 is 5.48 Å². The van der Waals surface area contributed by atoms with Gasteiger partial charge in [0.05, 0.1) is 0 Å². The molecule has 2 atom stereocenters. The molecule has 0 spiro atoms. The lowest BCUT2D eigenvalue weighted by atomic mass is 9.97. The fraction of sp³-hybridized carbons (Fsp3) is 0.188. The molecule has 176 valence electrons. The maximum Gasteiger partial charge on any atom is 0.121 e. The summed E-state index contributed by atoms with van der Waals surface area (Å²) in [4.78, 5) is 8.81. The molecule has 5 rings (SSSR count). The van der Waals surface area contributed by atoms with E-state index < -0.39 is 0 Å². The van der Waals surface area contributed by atoms with E-state index in [2.05, 4.69) is 138 Å². The van der Waals surface area contributed by atoms with E-state index >= 15 is 0 Å². The summed E-state index contributed by atoms with van der Waals surface area (Å²) >= 11 is 0. The fourth-order valence-corrected chi connectivity index (χ4v) is 4.75. The number of hydroxylamine groups is 1. The van der Waals surface area contributed by atoms with Crippen molar-refractivity contribution in [3.63, 3.8) is 0 Å². The van der Waals surface area contributed by atoms with Gasteiger partial charge in [0, 0.05) is 31.2 Å². The van der Waals surface area contributed by atoms with Crippen molar-refractivity contribution < 1.29 is 4.84 Å². The molecule has 0 saturated carbocycles. The van der Waals surface area contributed by atoms with Gasteiger partial charge in [0.2, 0.25) is 0 Å². The van der Waals surface area contributed by atoms with Crippen LogP contribution in [-0.2, 0) is 30.8 Å². The zero-order valence-corrected chi connectivity index (χ0v) is 20.0. The molecule has 3 nitrogen and oxygen atoms in total. The Labute approximate surface area is 208 Å². The van der Waals surface area contributed by atoms with Gasteiger partial charge in [0.15, 0.2) is 0 Å². The molecular formula is C32H32N2O. The van der Waals surface area contributed by atoms with Gasteiger partial charge in [0.1, 0.15) is 6.10 Å². The Morgan fingerprint density at radius 2 is 1.06 bits per heavy atom. The zero-order chi connectivity index (χ0) is 23.7. The predicted molar refractivity (Wildman–Crippen MR) is 142 cm³/mol. The Bertz CT molecular complexity index is 1150. The fourth-order valence-electron chi connectivity index (χ4n) is 4.75. The number of hydrogen-bond donors (Lipinski definition) is 1. The van der Waals surface area contributed by atoms with Crippen LogP contribution >= 0.6 is 0 Å². The average Bonchev–Trinajstić information content (AvgIpc) is 3.37. The molecule has 0 unspecified atom stereocenters. The van der Waals surface area contributed by atoms with Crippen molar-refractivity contribution in [2.45, 2.75) is 38.1 Å². The van der Waals surface area contributed by atoms with E-state index in [0.29, 0.717) is 0 Å². The van der Waals surface area contributed by atoms with Crippen molar-refractivity contribution in [2.75, 3.05) is 0 Å². The maximum atomic E-state index is 6.24. The van der Waals surface area contributed by atoms with Gasteiger partial charge in [-0.2, -0.15) is 0 Å². The number of allylic oxidation sites excluding steroid dienone is 1. The third-order valence-corrected chi connectivity index (χ3v) is 6.52. The normalized spacial score (nSPS) is 16.0. The van der Waals surface area contributed by atoms with Gasteiger partial charge in [-0.15, -0.1) is 0 Å². The number of hydrogen-bond acceptors (Lipinski definition) is 3. The average molecular weight is 461 g/mol. The third kappa shape index (κ3) is 6.48. The largest absolute Gasteiger partial charge is 0.289 e. The summed E-state index contributed by atoms with van der Waals surface area (Å²) in [6.07, 6.45) is 3.97. The standard InChI is InChI=1S/C32H32N2O/c1-5-13-26(14-6-1)21-30-23-32(35-33-30)31(22-27-15-7-2-8-16-27)34(24-28-17-9-3-10-18-28)25-29-19-11-4-12-20-29/h1-20,23,31-33H,21-22,24-25H2/t31-,32+/m0/s1. The SMILES string of the molecule is C1=C(Cc2ccccc2)NO[C@H]1[C@H](Cc1ccccc1)N(Cc1ccccc1)Cc1ccccc1. The topological polar surface area (TPSA) is 24.5 Å². The highest BCUT2D eigenvalue weighted by molar-refractivity contribution is 5.25. The third-order valence-electron chi connectivity index (χ3n) is 6.52. The summed E-state index contributed by atoms with van der Waals surface area (Å²) in [5.74, 6) is 0. The summed E-state index contributed by atoms with van der Waals surface area (Å²) in [6.45, 7) is 1.71. The first kappa shape index (κ1) is 23.1. The van der Waals surface area contributed by atoms with Crippen LogP contribution in [0, 0.1) is 0 Å². The predicted octanol–water partition coefficient (Wildman–Crippen LogP) is 6.33. The minimum Gasteiger partial charge on any atom is -0.289 e. The van der Waals surface area contributed by atoms with Gasteiger partial charge in [-0.1, -0.05) is 121 Å². The van der Waals surface area contributed by atoms with Crippen LogP contribution in [0.25, 0.3) is 0 Å². The first-order chi connectivity index (χ1) is 17.3. The van der Waals surface area contributed by atoms with Crippen molar-refractivity contribution in [3.8, 4) is 0 Å². The molecule has 1 aliphatic rings. The summed E-state index contributed by atoms with van der Waals surface area (Å²) in [7, 11) is 0. The van der Waals surface area contributed by atoms with Crippen LogP contribution in [0.15, 0.2) is 133 Å². The van der Waals surface area contributed by atoms with Crippen molar-refractivity contribution in [1.82, 2.24) is 10.4 Å². The summed E-state index contributed by atoms with van der Waals surface area (Å²) in [6, 6.07) is 42.9. The summed E-state index contributed by atoms with van der Waals surface area (Å²) < 4.78 is 0. The van der Waals surface area contributed by atoms with Crippen molar-refractivity contribution in [1.29, 1.82) is 0 Å². The molecule has 0 aromatic heterocycles. The number of benzene rings is 4. The van der Waals surface area contributed by atoms with Crippen LogP contribution in [0.5, 0.6) is 0 Å². The van der Waals surface area contributed by atoms with E-state index in [-0.39, 0.29) is 12.1 Å². The Balaban J connectivity index is 1.45. The van der Waals surface area contributed by atoms with Gasteiger partial charge in [0.25, 0.3) is 0 Å². The Kier molecular flexibility index (Phi) is 7.69. The molecule has 35 heavy (non-hydrogen) atoms. The minimum atomic E-state index is -0.0543. The van der Waals surface area contributed by atoms with Crippen molar-refractivity contribution >= 4 is 0 Å². The molecule has 0 radical (unpaired) electrons. The van der Waals surface area contributed by atoms with Crippen LogP contribution in [0.4, 0.5) is 0 Å². The second kappa shape index (κ2) is 11.7. The van der Waals surface area contributed by atoms with E-state index in [1.165, 1.54) is 22.3 Å². The van der Waals surface area contributed by atoms with Gasteiger partial charge < -0.3 is 0 Å². The highest BCUT2D eigenvalue weighted by atomic mass is 16.7. The minimum absolute atomic E-state index is 0.0543. The lowest BCUT2D eigenvalue weighted by Gasteiger charge is -2.34. The molecular weight excluding hydrogens is 428 g/mol. The number of rotatable bonds is 10. The smallest absolute Gasteiger partial charge is 0.121 e. The Hall–Kier alpha value is -3.66. The summed E-state index contributed by atoms with van der Waals surface area (Å²) in [5, 5.41) is 0. The first-order valence-corrected chi connectivity index (χ1v) is 12.4. The van der Waals surface area contributed by atoms with Crippen LogP contribution in [-0.4, -0.2) is 17.0 Å². The number of nitrogens with zero attached hydrogens (tertiary/aromatic N) is 1. The molecule has 1 N–H and O–H groups in total. The van der Waals surface area contributed by atoms with E-state index in [1.807, 2.05) is 0 Å². The Morgan fingerprint density at radius 3 is 1.57 bits per heavy atom. The maximum absolute atomic E-state index is 6.24. The van der Waals surface area contributed by atoms with Crippen molar-refractivity contribution in [2.24, 2.45) is 0 Å². The van der Waals surface area contributed by atoms with Gasteiger partial charge in [-0.05, 0) is 34.8 Å². The van der Waals surface area contributed by atoms with Crippen LogP contribution in [0.2, 0.25) is 0 Å². The molecule has 0 saturated heterocycles. The van der Waals surface area contributed by atoms with E-state index in [4.69, 9.17) is 4.84 Å². The lowest BCUT2D eigenvalue weighted by Crippen LogP contribution is -2.44. The summed E-state index contributed by atoms with van der Waals surface area (Å²) in [5.41, 5.74) is 9.57. The molecule has 4 aromatic rings. The molecule has 4 aromatic carbocycles. The zero-order valence-electron chi connectivity index (χ0n) is 20.0. The highest BCUT2D eigenvalue weighted by Gasteiger charge is 2.31. The Morgan fingerprint density at radius 1 is 0.600 bits per heavy atom. The number of nitrogens with one attached hydrogen (secondary N) is 1. The second-order valence-corrected chi connectivity index (χ2v) is 9.17. The molecule has 0 amide bonds. The van der Waals surface area contributed by atoms with Crippen molar-refractivity contribution in [3.05, 3.63) is 155 Å². The van der Waals surface area contributed by atoms with Gasteiger partial charge in [-0.3, -0.25) is 15.2 Å². The molecule has 0 bridgehead atoms. The molecule has 1 heterocycles. The molecule has 0 aliphatic carbocycles. The van der Waals surface area contributed by atoms with E-state index in [0.717, 1.165) is 31.6 Å². The monoisotopic (exact) mass is 460 g/mol. The van der Waals surface area contributed by atoms with Gasteiger partial charge >= 0.3 is 0 Å².